The minimum atomic E-state index is -0.0693. The zero-order valence-corrected chi connectivity index (χ0v) is 12.2. The van der Waals surface area contributed by atoms with Crippen molar-refractivity contribution in [1.82, 2.24) is 5.32 Å². The molecule has 0 amide bonds. The summed E-state index contributed by atoms with van der Waals surface area (Å²) in [6.07, 6.45) is 4.08. The van der Waals surface area contributed by atoms with Crippen LogP contribution >= 0.6 is 0 Å². The third kappa shape index (κ3) is 4.69. The first-order chi connectivity index (χ1) is 9.79. The Hall–Kier alpha value is -1.26. The van der Waals surface area contributed by atoms with Gasteiger partial charge < -0.3 is 19.9 Å². The van der Waals surface area contributed by atoms with Crippen LogP contribution < -0.4 is 14.8 Å². The standard InChI is InChI=1S/C16H25NO3/c1-19-15-4-2-3-5-16(15)20-11-10-17-12-13-6-8-14(18)9-7-13/h2-5,13-14,17-18H,6-12H2,1H3. The second-order valence-corrected chi connectivity index (χ2v) is 5.38. The largest absolute Gasteiger partial charge is 0.493 e. The van der Waals surface area contributed by atoms with Gasteiger partial charge in [-0.25, -0.2) is 0 Å². The number of para-hydroxylation sites is 2. The third-order valence-electron chi connectivity index (χ3n) is 3.85. The van der Waals surface area contributed by atoms with Gasteiger partial charge >= 0.3 is 0 Å². The topological polar surface area (TPSA) is 50.7 Å². The second-order valence-electron chi connectivity index (χ2n) is 5.38. The molecule has 0 aromatic heterocycles. The summed E-state index contributed by atoms with van der Waals surface area (Å²) in [6, 6.07) is 7.69. The van der Waals surface area contributed by atoms with Gasteiger partial charge in [-0.05, 0) is 50.3 Å². The lowest BCUT2D eigenvalue weighted by Crippen LogP contribution is -2.30. The molecule has 0 aliphatic heterocycles. The minimum absolute atomic E-state index is 0.0693. The zero-order valence-electron chi connectivity index (χ0n) is 12.2. The average molecular weight is 279 g/mol. The van der Waals surface area contributed by atoms with Crippen LogP contribution in [0.1, 0.15) is 25.7 Å². The van der Waals surface area contributed by atoms with Gasteiger partial charge in [0.15, 0.2) is 11.5 Å². The Morgan fingerprint density at radius 2 is 1.85 bits per heavy atom. The Balaban J connectivity index is 1.59. The number of hydrogen-bond acceptors (Lipinski definition) is 4. The average Bonchev–Trinajstić information content (AvgIpc) is 2.49. The lowest BCUT2D eigenvalue weighted by molar-refractivity contribution is 0.108. The van der Waals surface area contributed by atoms with Crippen LogP contribution in [-0.2, 0) is 0 Å². The molecule has 20 heavy (non-hydrogen) atoms. The van der Waals surface area contributed by atoms with Crippen LogP contribution in [0.3, 0.4) is 0 Å². The first-order valence-electron chi connectivity index (χ1n) is 7.44. The molecule has 0 bridgehead atoms. The first-order valence-corrected chi connectivity index (χ1v) is 7.44. The van der Waals surface area contributed by atoms with Crippen LogP contribution in [0.15, 0.2) is 24.3 Å². The molecule has 0 atom stereocenters. The number of aliphatic hydroxyl groups is 1. The molecule has 2 N–H and O–H groups in total. The third-order valence-corrected chi connectivity index (χ3v) is 3.85. The van der Waals surface area contributed by atoms with E-state index in [9.17, 15) is 5.11 Å². The summed E-state index contributed by atoms with van der Waals surface area (Å²) in [5.41, 5.74) is 0. The predicted octanol–water partition coefficient (Wildman–Crippen LogP) is 2.21. The highest BCUT2D eigenvalue weighted by atomic mass is 16.5. The van der Waals surface area contributed by atoms with Gasteiger partial charge in [-0.1, -0.05) is 12.1 Å². The zero-order chi connectivity index (χ0) is 14.2. The fraction of sp³-hybridized carbons (Fsp3) is 0.625. The lowest BCUT2D eigenvalue weighted by Gasteiger charge is -2.25. The lowest BCUT2D eigenvalue weighted by atomic mass is 9.87. The number of hydrogen-bond donors (Lipinski definition) is 2. The molecule has 112 valence electrons. The van der Waals surface area contributed by atoms with Crippen LogP contribution in [0.4, 0.5) is 0 Å². The summed E-state index contributed by atoms with van der Waals surface area (Å²) < 4.78 is 10.9. The van der Waals surface area contributed by atoms with Crippen LogP contribution in [-0.4, -0.2) is 38.0 Å². The van der Waals surface area contributed by atoms with E-state index < -0.39 is 0 Å². The highest BCUT2D eigenvalue weighted by Crippen LogP contribution is 2.25. The van der Waals surface area contributed by atoms with Gasteiger partial charge in [0.25, 0.3) is 0 Å². The molecule has 1 saturated carbocycles. The van der Waals surface area contributed by atoms with Gasteiger partial charge in [-0.2, -0.15) is 0 Å². The quantitative estimate of drug-likeness (QED) is 0.751. The second kappa shape index (κ2) is 8.12. The Morgan fingerprint density at radius 1 is 1.15 bits per heavy atom. The normalized spacial score (nSPS) is 22.5. The maximum Gasteiger partial charge on any atom is 0.161 e. The molecule has 1 fully saturated rings. The molecule has 0 heterocycles. The van der Waals surface area contributed by atoms with E-state index in [2.05, 4.69) is 5.32 Å². The Bertz CT molecular complexity index is 389. The van der Waals surface area contributed by atoms with Gasteiger partial charge in [0.1, 0.15) is 6.61 Å². The molecule has 1 aromatic rings. The number of methoxy groups -OCH3 is 1. The predicted molar refractivity (Wildman–Crippen MR) is 79.3 cm³/mol. The van der Waals surface area contributed by atoms with E-state index in [4.69, 9.17) is 9.47 Å². The summed E-state index contributed by atoms with van der Waals surface area (Å²) in [6.45, 7) is 2.48. The summed E-state index contributed by atoms with van der Waals surface area (Å²) in [5.74, 6) is 2.26. The SMILES string of the molecule is COc1ccccc1OCCNCC1CCC(O)CC1. The van der Waals surface area contributed by atoms with Crippen molar-refractivity contribution in [3.8, 4) is 11.5 Å². The summed E-state index contributed by atoms with van der Waals surface area (Å²) in [5, 5.41) is 12.9. The first kappa shape index (κ1) is 15.1. The summed E-state index contributed by atoms with van der Waals surface area (Å²) >= 11 is 0. The van der Waals surface area contributed by atoms with Crippen LogP contribution in [0.5, 0.6) is 11.5 Å². The summed E-state index contributed by atoms with van der Waals surface area (Å²) in [4.78, 5) is 0. The van der Waals surface area contributed by atoms with Crippen molar-refractivity contribution in [3.05, 3.63) is 24.3 Å². The molecular weight excluding hydrogens is 254 g/mol. The van der Waals surface area contributed by atoms with Crippen molar-refractivity contribution in [2.75, 3.05) is 26.8 Å². The molecule has 4 nitrogen and oxygen atoms in total. The number of nitrogens with one attached hydrogen (secondary N) is 1. The summed E-state index contributed by atoms with van der Waals surface area (Å²) in [7, 11) is 1.65. The number of benzene rings is 1. The molecule has 1 aromatic carbocycles. The highest BCUT2D eigenvalue weighted by molar-refractivity contribution is 5.39. The van der Waals surface area contributed by atoms with Crippen molar-refractivity contribution in [1.29, 1.82) is 0 Å². The molecule has 0 saturated heterocycles. The number of rotatable bonds is 7. The van der Waals surface area contributed by atoms with E-state index in [0.29, 0.717) is 12.5 Å². The molecule has 0 radical (unpaired) electrons. The van der Waals surface area contributed by atoms with Gasteiger partial charge in [-0.15, -0.1) is 0 Å². The number of ether oxygens (including phenoxy) is 2. The van der Waals surface area contributed by atoms with Gasteiger partial charge in [0.2, 0.25) is 0 Å². The van der Waals surface area contributed by atoms with E-state index in [0.717, 1.165) is 50.3 Å². The van der Waals surface area contributed by atoms with Crippen LogP contribution in [0.2, 0.25) is 0 Å². The van der Waals surface area contributed by atoms with Crippen molar-refractivity contribution in [2.45, 2.75) is 31.8 Å². The maximum absolute atomic E-state index is 9.46. The Kier molecular flexibility index (Phi) is 6.15. The van der Waals surface area contributed by atoms with E-state index in [1.165, 1.54) is 0 Å². The van der Waals surface area contributed by atoms with Crippen molar-refractivity contribution in [2.24, 2.45) is 5.92 Å². The maximum atomic E-state index is 9.46. The molecule has 1 aliphatic carbocycles. The van der Waals surface area contributed by atoms with Crippen molar-refractivity contribution < 1.29 is 14.6 Å². The van der Waals surface area contributed by atoms with E-state index >= 15 is 0 Å². The minimum Gasteiger partial charge on any atom is -0.493 e. The van der Waals surface area contributed by atoms with E-state index in [1.54, 1.807) is 7.11 Å². The Labute approximate surface area is 121 Å². The smallest absolute Gasteiger partial charge is 0.161 e. The van der Waals surface area contributed by atoms with Crippen LogP contribution in [0, 0.1) is 5.92 Å². The molecule has 0 unspecified atom stereocenters. The van der Waals surface area contributed by atoms with Gasteiger partial charge in [-0.3, -0.25) is 0 Å². The molecule has 2 rings (SSSR count). The van der Waals surface area contributed by atoms with E-state index in [-0.39, 0.29) is 6.10 Å². The molecule has 1 aliphatic rings. The molecule has 0 spiro atoms. The van der Waals surface area contributed by atoms with Crippen LogP contribution in [0.25, 0.3) is 0 Å². The van der Waals surface area contributed by atoms with Gasteiger partial charge in [0, 0.05) is 6.54 Å². The van der Waals surface area contributed by atoms with Gasteiger partial charge in [0.05, 0.1) is 13.2 Å². The molecule has 4 heteroatoms. The van der Waals surface area contributed by atoms with Crippen molar-refractivity contribution >= 4 is 0 Å². The fourth-order valence-corrected chi connectivity index (χ4v) is 2.63. The Morgan fingerprint density at radius 3 is 2.55 bits per heavy atom. The molecular formula is C16H25NO3. The van der Waals surface area contributed by atoms with E-state index in [1.807, 2.05) is 24.3 Å². The fourth-order valence-electron chi connectivity index (χ4n) is 2.63. The van der Waals surface area contributed by atoms with Crippen molar-refractivity contribution in [3.63, 3.8) is 0 Å². The number of aliphatic hydroxyl groups excluding tert-OH is 1. The monoisotopic (exact) mass is 279 g/mol. The highest BCUT2D eigenvalue weighted by Gasteiger charge is 2.18.